The molecule has 120 valence electrons. The molecule has 0 saturated carbocycles. The fraction of sp³-hybridized carbons (Fsp3) is 0.368. The topological polar surface area (TPSA) is 67.6 Å². The first-order valence-corrected chi connectivity index (χ1v) is 8.18. The number of aromatic amines is 1. The van der Waals surface area contributed by atoms with Gasteiger partial charge in [-0.3, -0.25) is 5.10 Å². The van der Waals surface area contributed by atoms with Crippen molar-refractivity contribution in [3.8, 4) is 11.1 Å². The van der Waals surface area contributed by atoms with Crippen molar-refractivity contribution in [2.24, 2.45) is 5.73 Å². The third-order valence-corrected chi connectivity index (χ3v) is 4.49. The maximum atomic E-state index is 6.00. The molecule has 0 atom stereocenters. The van der Waals surface area contributed by atoms with Gasteiger partial charge in [-0.2, -0.15) is 5.10 Å². The number of nitrogens with zero attached hydrogens (tertiary/aromatic N) is 2. The van der Waals surface area contributed by atoms with E-state index in [-0.39, 0.29) is 5.41 Å². The van der Waals surface area contributed by atoms with Crippen LogP contribution in [0, 0.1) is 0 Å². The molecule has 0 fully saturated rings. The summed E-state index contributed by atoms with van der Waals surface area (Å²) in [4.78, 5) is 4.34. The Morgan fingerprint density at radius 3 is 2.78 bits per heavy atom. The summed E-state index contributed by atoms with van der Waals surface area (Å²) in [6, 6.07) is 8.89. The van der Waals surface area contributed by atoms with Gasteiger partial charge in [0.25, 0.3) is 0 Å². The molecule has 3 aromatic rings. The zero-order valence-electron chi connectivity index (χ0n) is 14.1. The van der Waals surface area contributed by atoms with Crippen molar-refractivity contribution in [3.63, 3.8) is 0 Å². The summed E-state index contributed by atoms with van der Waals surface area (Å²) < 4.78 is 0. The highest BCUT2D eigenvalue weighted by Crippen LogP contribution is 2.32. The van der Waals surface area contributed by atoms with Crippen LogP contribution in [-0.4, -0.2) is 21.7 Å². The number of fused-ring (bicyclic) bond motifs is 1. The molecular weight excluding hydrogens is 284 g/mol. The van der Waals surface area contributed by atoms with Crippen molar-refractivity contribution >= 4 is 11.0 Å². The normalized spacial score (nSPS) is 12.0. The quantitative estimate of drug-likeness (QED) is 0.753. The molecule has 0 unspecified atom stereocenters. The number of hydrogen-bond acceptors (Lipinski definition) is 3. The summed E-state index contributed by atoms with van der Waals surface area (Å²) >= 11 is 0. The monoisotopic (exact) mass is 308 g/mol. The molecule has 2 heterocycles. The number of aryl methyl sites for hydroxylation is 1. The lowest BCUT2D eigenvalue weighted by molar-refractivity contribution is 0.538. The van der Waals surface area contributed by atoms with Crippen LogP contribution in [0.5, 0.6) is 0 Å². The molecule has 0 saturated heterocycles. The second-order valence-electron chi connectivity index (χ2n) is 6.75. The van der Waals surface area contributed by atoms with E-state index in [2.05, 4.69) is 60.2 Å². The van der Waals surface area contributed by atoms with E-state index >= 15 is 0 Å². The van der Waals surface area contributed by atoms with Crippen molar-refractivity contribution in [1.29, 1.82) is 0 Å². The summed E-state index contributed by atoms with van der Waals surface area (Å²) in [5.41, 5.74) is 11.8. The summed E-state index contributed by atoms with van der Waals surface area (Å²) in [5.74, 6) is 0. The number of aromatic nitrogens is 3. The summed E-state index contributed by atoms with van der Waals surface area (Å²) in [6.07, 6.45) is 5.87. The molecule has 0 aliphatic rings. The van der Waals surface area contributed by atoms with Crippen LogP contribution in [0.4, 0.5) is 0 Å². The third kappa shape index (κ3) is 2.99. The van der Waals surface area contributed by atoms with Crippen molar-refractivity contribution in [2.45, 2.75) is 39.0 Å². The minimum absolute atomic E-state index is 0.0406. The van der Waals surface area contributed by atoms with E-state index in [1.165, 1.54) is 16.7 Å². The van der Waals surface area contributed by atoms with E-state index in [9.17, 15) is 0 Å². The number of nitrogens with two attached hydrogens (primary N) is 1. The van der Waals surface area contributed by atoms with Gasteiger partial charge in [0.15, 0.2) is 5.65 Å². The zero-order chi connectivity index (χ0) is 16.4. The standard InChI is InChI=1S/C19H24N4/c1-4-5-13-8-14(10-15(9-13)19(2,3)12-20)16-6-7-21-18-17(16)11-22-23-18/h6-11H,4-5,12,20H2,1-3H3,(H,21,22,23). The minimum atomic E-state index is -0.0406. The highest BCUT2D eigenvalue weighted by Gasteiger charge is 2.20. The molecule has 1 aromatic carbocycles. The summed E-state index contributed by atoms with van der Waals surface area (Å²) in [5, 5.41) is 8.12. The lowest BCUT2D eigenvalue weighted by Gasteiger charge is -2.25. The van der Waals surface area contributed by atoms with Gasteiger partial charge in [0.1, 0.15) is 0 Å². The van der Waals surface area contributed by atoms with Crippen molar-refractivity contribution in [2.75, 3.05) is 6.54 Å². The average Bonchev–Trinajstić information content (AvgIpc) is 3.03. The number of benzene rings is 1. The van der Waals surface area contributed by atoms with Crippen LogP contribution in [0.15, 0.2) is 36.7 Å². The number of H-pyrrole nitrogens is 1. The Kier molecular flexibility index (Phi) is 4.18. The molecule has 0 spiro atoms. The highest BCUT2D eigenvalue weighted by atomic mass is 15.1. The van der Waals surface area contributed by atoms with Crippen LogP contribution < -0.4 is 5.73 Å². The van der Waals surface area contributed by atoms with Gasteiger partial charge >= 0.3 is 0 Å². The highest BCUT2D eigenvalue weighted by molar-refractivity contribution is 5.92. The van der Waals surface area contributed by atoms with Gasteiger partial charge in [-0.05, 0) is 34.7 Å². The maximum Gasteiger partial charge on any atom is 0.155 e. The Hall–Kier alpha value is -2.20. The van der Waals surface area contributed by atoms with E-state index in [1.807, 2.05) is 12.4 Å². The van der Waals surface area contributed by atoms with Gasteiger partial charge in [-0.1, -0.05) is 45.4 Å². The molecule has 0 bridgehead atoms. The Bertz CT molecular complexity index is 817. The van der Waals surface area contributed by atoms with Crippen LogP contribution in [0.1, 0.15) is 38.3 Å². The fourth-order valence-electron chi connectivity index (χ4n) is 2.89. The largest absolute Gasteiger partial charge is 0.330 e. The molecule has 0 aliphatic carbocycles. The molecule has 0 radical (unpaired) electrons. The van der Waals surface area contributed by atoms with E-state index < -0.39 is 0 Å². The number of hydrogen-bond donors (Lipinski definition) is 2. The fourth-order valence-corrected chi connectivity index (χ4v) is 2.89. The molecule has 0 aliphatic heterocycles. The van der Waals surface area contributed by atoms with Crippen molar-refractivity contribution < 1.29 is 0 Å². The predicted molar refractivity (Wildman–Crippen MR) is 95.4 cm³/mol. The molecule has 23 heavy (non-hydrogen) atoms. The first-order chi connectivity index (χ1) is 11.0. The molecule has 4 nitrogen and oxygen atoms in total. The zero-order valence-corrected chi connectivity index (χ0v) is 14.1. The van der Waals surface area contributed by atoms with Crippen LogP contribution in [0.3, 0.4) is 0 Å². The van der Waals surface area contributed by atoms with Gasteiger partial charge in [0.2, 0.25) is 0 Å². The third-order valence-electron chi connectivity index (χ3n) is 4.49. The van der Waals surface area contributed by atoms with E-state index in [0.717, 1.165) is 29.4 Å². The molecule has 2 aromatic heterocycles. The Morgan fingerprint density at radius 1 is 1.22 bits per heavy atom. The lowest BCUT2D eigenvalue weighted by Crippen LogP contribution is -2.28. The number of rotatable bonds is 5. The first-order valence-electron chi connectivity index (χ1n) is 8.18. The number of nitrogens with one attached hydrogen (secondary N) is 1. The van der Waals surface area contributed by atoms with E-state index in [1.54, 1.807) is 0 Å². The van der Waals surface area contributed by atoms with Crippen LogP contribution in [-0.2, 0) is 11.8 Å². The second kappa shape index (κ2) is 6.13. The minimum Gasteiger partial charge on any atom is -0.330 e. The van der Waals surface area contributed by atoms with Crippen LogP contribution in [0.2, 0.25) is 0 Å². The van der Waals surface area contributed by atoms with E-state index in [4.69, 9.17) is 5.73 Å². The van der Waals surface area contributed by atoms with Gasteiger partial charge in [-0.15, -0.1) is 0 Å². The Morgan fingerprint density at radius 2 is 2.04 bits per heavy atom. The molecule has 4 heteroatoms. The van der Waals surface area contributed by atoms with Gasteiger partial charge < -0.3 is 5.73 Å². The average molecular weight is 308 g/mol. The Balaban J connectivity index is 2.20. The van der Waals surface area contributed by atoms with Crippen molar-refractivity contribution in [1.82, 2.24) is 15.2 Å². The molecule has 0 amide bonds. The number of pyridine rings is 1. The van der Waals surface area contributed by atoms with Crippen LogP contribution in [0.25, 0.3) is 22.2 Å². The first kappa shape index (κ1) is 15.7. The SMILES string of the molecule is CCCc1cc(-c2ccnc3[nH]ncc23)cc(C(C)(C)CN)c1. The smallest absolute Gasteiger partial charge is 0.155 e. The molecule has 3 N–H and O–H groups in total. The van der Waals surface area contributed by atoms with Crippen LogP contribution >= 0.6 is 0 Å². The van der Waals surface area contributed by atoms with E-state index in [0.29, 0.717) is 6.54 Å². The predicted octanol–water partition coefficient (Wildman–Crippen LogP) is 3.81. The molecule has 3 rings (SSSR count). The summed E-state index contributed by atoms with van der Waals surface area (Å²) in [6.45, 7) is 7.23. The Labute approximate surface area is 137 Å². The molecular formula is C19H24N4. The maximum absolute atomic E-state index is 6.00. The van der Waals surface area contributed by atoms with Crippen molar-refractivity contribution in [3.05, 3.63) is 47.8 Å². The van der Waals surface area contributed by atoms with Gasteiger partial charge in [-0.25, -0.2) is 4.98 Å². The lowest BCUT2D eigenvalue weighted by atomic mass is 9.82. The van der Waals surface area contributed by atoms with Gasteiger partial charge in [0.05, 0.1) is 6.20 Å². The summed E-state index contributed by atoms with van der Waals surface area (Å²) in [7, 11) is 0. The second-order valence-corrected chi connectivity index (χ2v) is 6.75. The van der Waals surface area contributed by atoms with Gasteiger partial charge in [0, 0.05) is 23.5 Å².